The molecule has 1 fully saturated rings. The average molecular weight is 559 g/mol. The highest BCUT2D eigenvalue weighted by atomic mass is 32.2. The largest absolute Gasteiger partial charge is 0.494 e. The molecule has 1 aliphatic rings. The molecule has 1 aliphatic heterocycles. The molecule has 3 N–H and O–H groups in total. The molecule has 2 heterocycles. The number of likely N-dealkylation sites (tertiary alicyclic amines) is 1. The molecule has 0 spiro atoms. The van der Waals surface area contributed by atoms with Crippen LogP contribution in [0.25, 0.3) is 17.0 Å². The summed E-state index contributed by atoms with van der Waals surface area (Å²) in [6.07, 6.45) is 9.41. The van der Waals surface area contributed by atoms with Crippen LogP contribution in [0.3, 0.4) is 0 Å². The second kappa shape index (κ2) is 12.4. The van der Waals surface area contributed by atoms with E-state index in [0.29, 0.717) is 29.1 Å². The summed E-state index contributed by atoms with van der Waals surface area (Å²) in [6.45, 7) is 4.02. The van der Waals surface area contributed by atoms with Crippen LogP contribution in [0.2, 0.25) is 0 Å². The number of rotatable bonds is 10. The molecule has 0 aliphatic carbocycles. The van der Waals surface area contributed by atoms with Crippen molar-refractivity contribution >= 4 is 44.3 Å². The number of amides is 1. The van der Waals surface area contributed by atoms with E-state index >= 15 is 0 Å². The van der Waals surface area contributed by atoms with E-state index in [1.165, 1.54) is 54.5 Å². The lowest BCUT2D eigenvalue weighted by molar-refractivity contribution is -0.111. The number of nitrogens with two attached hydrogens (primary N) is 1. The predicted octanol–water partition coefficient (Wildman–Crippen LogP) is 5.37. The number of nitrogens with zero attached hydrogens (tertiary/aromatic N) is 2. The molecule has 0 bridgehead atoms. The minimum atomic E-state index is -3.81. The molecular weight excluding hydrogens is 524 g/mol. The summed E-state index contributed by atoms with van der Waals surface area (Å²) in [6, 6.07) is 20.6. The van der Waals surface area contributed by atoms with E-state index in [9.17, 15) is 13.2 Å². The Hall–Kier alpha value is -4.08. The van der Waals surface area contributed by atoms with Crippen LogP contribution in [0, 0.1) is 0 Å². The molecule has 3 aromatic carbocycles. The maximum Gasteiger partial charge on any atom is 0.268 e. The Kier molecular flexibility index (Phi) is 8.52. The number of para-hydroxylation sites is 2. The van der Waals surface area contributed by atoms with Crippen LogP contribution < -0.4 is 15.8 Å². The molecule has 40 heavy (non-hydrogen) atoms. The molecule has 1 saturated heterocycles. The van der Waals surface area contributed by atoms with Crippen molar-refractivity contribution < 1.29 is 17.9 Å². The molecule has 0 saturated carbocycles. The van der Waals surface area contributed by atoms with Crippen LogP contribution in [0.1, 0.15) is 31.2 Å². The molecule has 4 aromatic rings. The fourth-order valence-electron chi connectivity index (χ4n) is 4.88. The number of nitrogens with one attached hydrogen (secondary N) is 1. The van der Waals surface area contributed by atoms with Gasteiger partial charge in [-0.15, -0.1) is 0 Å². The van der Waals surface area contributed by atoms with Crippen molar-refractivity contribution in [3.63, 3.8) is 0 Å². The predicted molar refractivity (Wildman–Crippen MR) is 160 cm³/mol. The summed E-state index contributed by atoms with van der Waals surface area (Å²) in [5.74, 6) is 0.398. The van der Waals surface area contributed by atoms with Crippen LogP contribution in [-0.4, -0.2) is 49.4 Å². The summed E-state index contributed by atoms with van der Waals surface area (Å²) in [5.41, 5.74) is 8.14. The number of ether oxygens (including phenoxy) is 1. The molecule has 8 nitrogen and oxygen atoms in total. The zero-order chi connectivity index (χ0) is 28.0. The lowest BCUT2D eigenvalue weighted by atomic mass is 10.1. The maximum absolute atomic E-state index is 13.4. The fraction of sp³-hybridized carbons (Fsp3) is 0.258. The van der Waals surface area contributed by atoms with E-state index in [2.05, 4.69) is 10.2 Å². The van der Waals surface area contributed by atoms with E-state index < -0.39 is 10.0 Å². The number of piperidine rings is 1. The highest BCUT2D eigenvalue weighted by Gasteiger charge is 2.19. The Balaban J connectivity index is 1.21. The van der Waals surface area contributed by atoms with E-state index in [-0.39, 0.29) is 10.8 Å². The number of fused-ring (bicyclic) bond motifs is 1. The van der Waals surface area contributed by atoms with Crippen molar-refractivity contribution in [3.8, 4) is 5.75 Å². The number of aromatic nitrogens is 1. The smallest absolute Gasteiger partial charge is 0.268 e. The van der Waals surface area contributed by atoms with E-state index in [0.717, 1.165) is 24.1 Å². The van der Waals surface area contributed by atoms with Gasteiger partial charge in [0.05, 0.1) is 28.4 Å². The Morgan fingerprint density at radius 2 is 1.75 bits per heavy atom. The van der Waals surface area contributed by atoms with E-state index in [1.807, 2.05) is 12.1 Å². The molecular formula is C31H34N4O4S. The summed E-state index contributed by atoms with van der Waals surface area (Å²) in [4.78, 5) is 14.9. The van der Waals surface area contributed by atoms with Gasteiger partial charge < -0.3 is 20.7 Å². The van der Waals surface area contributed by atoms with Crippen LogP contribution in [0.15, 0.2) is 90.0 Å². The van der Waals surface area contributed by atoms with Crippen molar-refractivity contribution in [3.05, 3.63) is 90.6 Å². The van der Waals surface area contributed by atoms with Crippen molar-refractivity contribution in [2.75, 3.05) is 37.3 Å². The first-order valence-electron chi connectivity index (χ1n) is 13.6. The topological polar surface area (TPSA) is 107 Å². The van der Waals surface area contributed by atoms with Gasteiger partial charge in [-0.2, -0.15) is 0 Å². The van der Waals surface area contributed by atoms with Gasteiger partial charge in [0, 0.05) is 24.2 Å². The number of carbonyl (C=O) groups is 1. The molecule has 1 aromatic heterocycles. The molecule has 0 atom stereocenters. The first-order valence-corrected chi connectivity index (χ1v) is 15.0. The van der Waals surface area contributed by atoms with Crippen LogP contribution in [-0.2, 0) is 14.8 Å². The Labute approximate surface area is 235 Å². The average Bonchev–Trinajstić information content (AvgIpc) is 3.41. The summed E-state index contributed by atoms with van der Waals surface area (Å²) in [5, 5.41) is 3.52. The normalized spacial score (nSPS) is 14.5. The van der Waals surface area contributed by atoms with Gasteiger partial charge in [0.1, 0.15) is 5.75 Å². The van der Waals surface area contributed by atoms with Gasteiger partial charge in [0.15, 0.2) is 0 Å². The number of carbonyl (C=O) groups excluding carboxylic acids is 1. The number of nitrogen functional groups attached to an aromatic ring is 1. The zero-order valence-electron chi connectivity index (χ0n) is 22.3. The van der Waals surface area contributed by atoms with Crippen LogP contribution >= 0.6 is 0 Å². The monoisotopic (exact) mass is 558 g/mol. The van der Waals surface area contributed by atoms with Gasteiger partial charge >= 0.3 is 0 Å². The maximum atomic E-state index is 13.4. The summed E-state index contributed by atoms with van der Waals surface area (Å²) >= 11 is 0. The minimum Gasteiger partial charge on any atom is -0.494 e. The SMILES string of the molecule is Nc1ccccc1NC(=O)/C=C/c1ccc(S(=O)(=O)n2ccc3cc(OCCCN4CCCCC4)ccc32)cc1. The molecule has 5 rings (SSSR count). The van der Waals surface area contributed by atoms with Crippen LogP contribution in [0.5, 0.6) is 5.75 Å². The fourth-order valence-corrected chi connectivity index (χ4v) is 6.23. The summed E-state index contributed by atoms with van der Waals surface area (Å²) < 4.78 is 34.0. The Bertz CT molecular complexity index is 1600. The third-order valence-electron chi connectivity index (χ3n) is 7.04. The van der Waals surface area contributed by atoms with Gasteiger partial charge in [-0.3, -0.25) is 4.79 Å². The van der Waals surface area contributed by atoms with Crippen molar-refractivity contribution in [2.24, 2.45) is 0 Å². The van der Waals surface area contributed by atoms with Crippen molar-refractivity contribution in [2.45, 2.75) is 30.6 Å². The van der Waals surface area contributed by atoms with Crippen molar-refractivity contribution in [1.29, 1.82) is 0 Å². The lowest BCUT2D eigenvalue weighted by Crippen LogP contribution is -2.31. The molecule has 9 heteroatoms. The molecule has 0 radical (unpaired) electrons. The van der Waals surface area contributed by atoms with E-state index in [1.54, 1.807) is 60.8 Å². The lowest BCUT2D eigenvalue weighted by Gasteiger charge is -2.26. The second-order valence-corrected chi connectivity index (χ2v) is 11.7. The molecule has 1 amide bonds. The zero-order valence-corrected chi connectivity index (χ0v) is 23.1. The standard InChI is InChI=1S/C31H34N4O4S/c32-28-7-2-3-8-29(28)33-31(36)16-11-24-9-13-27(14-10-24)40(37,38)35-21-17-25-23-26(12-15-30(25)35)39-22-6-20-34-18-4-1-5-19-34/h2-3,7-17,21,23H,1,4-6,18-20,22,32H2,(H,33,36)/b16-11+. The van der Waals surface area contributed by atoms with E-state index in [4.69, 9.17) is 10.5 Å². The first-order chi connectivity index (χ1) is 19.4. The van der Waals surface area contributed by atoms with Crippen LogP contribution in [0.4, 0.5) is 11.4 Å². The van der Waals surface area contributed by atoms with Gasteiger partial charge in [-0.05, 0) is 92.5 Å². The first kappa shape index (κ1) is 27.5. The quantitative estimate of drug-likeness (QED) is 0.154. The number of benzene rings is 3. The highest BCUT2D eigenvalue weighted by molar-refractivity contribution is 7.90. The highest BCUT2D eigenvalue weighted by Crippen LogP contribution is 2.26. The van der Waals surface area contributed by atoms with Gasteiger partial charge in [-0.1, -0.05) is 30.7 Å². The molecule has 0 unspecified atom stereocenters. The van der Waals surface area contributed by atoms with Crippen molar-refractivity contribution in [1.82, 2.24) is 8.87 Å². The summed E-state index contributed by atoms with van der Waals surface area (Å²) in [7, 11) is -3.81. The number of hydrogen-bond acceptors (Lipinski definition) is 6. The molecule has 208 valence electrons. The number of hydrogen-bond donors (Lipinski definition) is 2. The third-order valence-corrected chi connectivity index (χ3v) is 8.75. The van der Waals surface area contributed by atoms with Gasteiger partial charge in [-0.25, -0.2) is 12.4 Å². The third kappa shape index (κ3) is 6.55. The second-order valence-electron chi connectivity index (χ2n) is 9.92. The van der Waals surface area contributed by atoms with Gasteiger partial charge in [0.25, 0.3) is 10.0 Å². The Morgan fingerprint density at radius 1 is 0.975 bits per heavy atom. The number of anilines is 2. The van der Waals surface area contributed by atoms with Gasteiger partial charge in [0.2, 0.25) is 5.91 Å². The Morgan fingerprint density at radius 3 is 2.52 bits per heavy atom. The minimum absolute atomic E-state index is 0.154.